The summed E-state index contributed by atoms with van der Waals surface area (Å²) in [6.07, 6.45) is 6.16. The summed E-state index contributed by atoms with van der Waals surface area (Å²) in [5.41, 5.74) is 9.73. The van der Waals surface area contributed by atoms with Crippen LogP contribution in [0.25, 0.3) is 10.9 Å². The SMILES string of the molecule is NC(=O)c1ccc2c(CN3CCCCC3)cn(Cc3ccccc3)c2c1. The van der Waals surface area contributed by atoms with Gasteiger partial charge in [-0.1, -0.05) is 42.8 Å². The number of rotatable bonds is 5. The summed E-state index contributed by atoms with van der Waals surface area (Å²) in [5, 5.41) is 1.22. The summed E-state index contributed by atoms with van der Waals surface area (Å²) in [6, 6.07) is 16.2. The third-order valence-corrected chi connectivity index (χ3v) is 5.29. The summed E-state index contributed by atoms with van der Waals surface area (Å²) in [6.45, 7) is 4.10. The topological polar surface area (TPSA) is 51.3 Å². The van der Waals surface area contributed by atoms with Crippen LogP contribution in [-0.2, 0) is 13.1 Å². The number of likely N-dealkylation sites (tertiary alicyclic amines) is 1. The Morgan fingerprint density at radius 3 is 2.46 bits per heavy atom. The van der Waals surface area contributed by atoms with Crippen LogP contribution in [0.15, 0.2) is 54.7 Å². The van der Waals surface area contributed by atoms with Crippen LogP contribution in [0.3, 0.4) is 0 Å². The third-order valence-electron chi connectivity index (χ3n) is 5.29. The summed E-state index contributed by atoms with van der Waals surface area (Å²) >= 11 is 0. The van der Waals surface area contributed by atoms with Gasteiger partial charge >= 0.3 is 0 Å². The Bertz CT molecular complexity index is 908. The van der Waals surface area contributed by atoms with Crippen molar-refractivity contribution in [2.24, 2.45) is 5.73 Å². The number of fused-ring (bicyclic) bond motifs is 1. The number of nitrogens with zero attached hydrogens (tertiary/aromatic N) is 2. The van der Waals surface area contributed by atoms with Crippen LogP contribution in [0.5, 0.6) is 0 Å². The normalized spacial score (nSPS) is 15.4. The lowest BCUT2D eigenvalue weighted by Gasteiger charge is -2.26. The second kappa shape index (κ2) is 7.34. The van der Waals surface area contributed by atoms with Crippen LogP contribution in [0, 0.1) is 0 Å². The molecule has 1 aliphatic heterocycles. The van der Waals surface area contributed by atoms with Gasteiger partial charge in [-0.05, 0) is 49.2 Å². The number of aromatic nitrogens is 1. The van der Waals surface area contributed by atoms with E-state index in [0.29, 0.717) is 5.56 Å². The third kappa shape index (κ3) is 3.51. The highest BCUT2D eigenvalue weighted by atomic mass is 16.1. The maximum absolute atomic E-state index is 11.6. The minimum absolute atomic E-state index is 0.378. The molecular weight excluding hydrogens is 322 g/mol. The number of nitrogens with two attached hydrogens (primary N) is 1. The van der Waals surface area contributed by atoms with Crippen molar-refractivity contribution < 1.29 is 4.79 Å². The van der Waals surface area contributed by atoms with E-state index in [-0.39, 0.29) is 5.91 Å². The second-order valence-corrected chi connectivity index (χ2v) is 7.20. The lowest BCUT2D eigenvalue weighted by atomic mass is 10.1. The van der Waals surface area contributed by atoms with Crippen molar-refractivity contribution in [3.8, 4) is 0 Å². The molecule has 0 atom stereocenters. The number of benzene rings is 2. The van der Waals surface area contributed by atoms with Gasteiger partial charge in [-0.2, -0.15) is 0 Å². The van der Waals surface area contributed by atoms with Gasteiger partial charge in [0.2, 0.25) is 5.91 Å². The molecule has 0 bridgehead atoms. The molecule has 0 aliphatic carbocycles. The zero-order valence-electron chi connectivity index (χ0n) is 15.0. The van der Waals surface area contributed by atoms with Gasteiger partial charge in [0.15, 0.2) is 0 Å². The number of carbonyl (C=O) groups is 1. The Hall–Kier alpha value is -2.59. The van der Waals surface area contributed by atoms with E-state index in [0.717, 1.165) is 18.6 Å². The van der Waals surface area contributed by atoms with Crippen molar-refractivity contribution in [1.82, 2.24) is 9.47 Å². The molecular formula is C22H25N3O. The van der Waals surface area contributed by atoms with Crippen molar-refractivity contribution in [2.45, 2.75) is 32.4 Å². The molecule has 0 spiro atoms. The molecule has 1 aromatic heterocycles. The maximum atomic E-state index is 11.6. The van der Waals surface area contributed by atoms with Crippen LogP contribution < -0.4 is 5.73 Å². The van der Waals surface area contributed by atoms with Crippen molar-refractivity contribution in [2.75, 3.05) is 13.1 Å². The van der Waals surface area contributed by atoms with Gasteiger partial charge in [0.1, 0.15) is 0 Å². The minimum Gasteiger partial charge on any atom is -0.366 e. The molecule has 1 amide bonds. The van der Waals surface area contributed by atoms with E-state index in [2.05, 4.69) is 46.0 Å². The fourth-order valence-electron chi connectivity index (χ4n) is 3.92. The molecule has 4 heteroatoms. The second-order valence-electron chi connectivity index (χ2n) is 7.20. The molecule has 1 saturated heterocycles. The highest BCUT2D eigenvalue weighted by molar-refractivity contribution is 5.97. The molecule has 0 saturated carbocycles. The van der Waals surface area contributed by atoms with E-state index in [1.165, 1.54) is 48.9 Å². The average molecular weight is 347 g/mol. The molecule has 3 aromatic rings. The smallest absolute Gasteiger partial charge is 0.248 e. The first-order valence-corrected chi connectivity index (χ1v) is 9.38. The zero-order chi connectivity index (χ0) is 17.9. The molecule has 2 N–H and O–H groups in total. The van der Waals surface area contributed by atoms with Gasteiger partial charge in [-0.3, -0.25) is 9.69 Å². The summed E-state index contributed by atoms with van der Waals surface area (Å²) in [4.78, 5) is 14.2. The number of amides is 1. The first kappa shape index (κ1) is 16.9. The Morgan fingerprint density at radius 1 is 0.962 bits per heavy atom. The molecule has 2 aromatic carbocycles. The van der Waals surface area contributed by atoms with E-state index in [9.17, 15) is 4.79 Å². The first-order valence-electron chi connectivity index (χ1n) is 9.38. The van der Waals surface area contributed by atoms with E-state index < -0.39 is 0 Å². The standard InChI is InChI=1S/C22H25N3O/c23-22(26)18-9-10-20-19(15-24-11-5-2-6-12-24)16-25(21(20)13-18)14-17-7-3-1-4-8-17/h1,3-4,7-10,13,16H,2,5-6,11-12,14-15H2,(H2,23,26). The lowest BCUT2D eigenvalue weighted by Crippen LogP contribution is -2.28. The Morgan fingerprint density at radius 2 is 1.73 bits per heavy atom. The monoisotopic (exact) mass is 347 g/mol. The van der Waals surface area contributed by atoms with Crippen LogP contribution in [-0.4, -0.2) is 28.5 Å². The van der Waals surface area contributed by atoms with Gasteiger partial charge in [-0.25, -0.2) is 0 Å². The predicted molar refractivity (Wildman–Crippen MR) is 105 cm³/mol. The van der Waals surface area contributed by atoms with Gasteiger partial charge in [0.05, 0.1) is 0 Å². The highest BCUT2D eigenvalue weighted by Gasteiger charge is 2.16. The van der Waals surface area contributed by atoms with Crippen LogP contribution >= 0.6 is 0 Å². The van der Waals surface area contributed by atoms with Gasteiger partial charge in [-0.15, -0.1) is 0 Å². The number of hydrogen-bond acceptors (Lipinski definition) is 2. The van der Waals surface area contributed by atoms with E-state index >= 15 is 0 Å². The molecule has 134 valence electrons. The molecule has 4 nitrogen and oxygen atoms in total. The Kier molecular flexibility index (Phi) is 4.76. The predicted octanol–water partition coefficient (Wildman–Crippen LogP) is 3.77. The molecule has 2 heterocycles. The number of primary amides is 1. The van der Waals surface area contributed by atoms with Gasteiger partial charge in [0.25, 0.3) is 0 Å². The number of hydrogen-bond donors (Lipinski definition) is 1. The van der Waals surface area contributed by atoms with Crippen molar-refractivity contribution in [1.29, 1.82) is 0 Å². The highest BCUT2D eigenvalue weighted by Crippen LogP contribution is 2.26. The van der Waals surface area contributed by atoms with Crippen molar-refractivity contribution >= 4 is 16.8 Å². The Balaban J connectivity index is 1.73. The fraction of sp³-hybridized carbons (Fsp3) is 0.318. The number of piperidine rings is 1. The summed E-state index contributed by atoms with van der Waals surface area (Å²) < 4.78 is 2.25. The van der Waals surface area contributed by atoms with E-state index in [1.807, 2.05) is 18.2 Å². The molecule has 4 rings (SSSR count). The molecule has 1 aliphatic rings. The lowest BCUT2D eigenvalue weighted by molar-refractivity contribution is 0.100. The van der Waals surface area contributed by atoms with E-state index in [1.54, 1.807) is 0 Å². The summed E-state index contributed by atoms with van der Waals surface area (Å²) in [7, 11) is 0. The average Bonchev–Trinajstić information content (AvgIpc) is 3.00. The van der Waals surface area contributed by atoms with Crippen molar-refractivity contribution in [3.63, 3.8) is 0 Å². The first-order chi connectivity index (χ1) is 12.7. The summed E-state index contributed by atoms with van der Waals surface area (Å²) in [5.74, 6) is -0.378. The molecule has 0 unspecified atom stereocenters. The quantitative estimate of drug-likeness (QED) is 0.764. The van der Waals surface area contributed by atoms with Crippen molar-refractivity contribution in [3.05, 3.63) is 71.4 Å². The van der Waals surface area contributed by atoms with Crippen LogP contribution in [0.1, 0.15) is 40.7 Å². The molecule has 26 heavy (non-hydrogen) atoms. The van der Waals surface area contributed by atoms with Gasteiger partial charge in [0, 0.05) is 35.8 Å². The largest absolute Gasteiger partial charge is 0.366 e. The zero-order valence-corrected chi connectivity index (χ0v) is 15.0. The van der Waals surface area contributed by atoms with E-state index in [4.69, 9.17) is 5.73 Å². The molecule has 0 radical (unpaired) electrons. The van der Waals surface area contributed by atoms with Gasteiger partial charge < -0.3 is 10.3 Å². The molecule has 1 fully saturated rings. The van der Waals surface area contributed by atoms with Crippen LogP contribution in [0.2, 0.25) is 0 Å². The Labute approximate surface area is 154 Å². The number of carbonyl (C=O) groups excluding carboxylic acids is 1. The van der Waals surface area contributed by atoms with Crippen LogP contribution in [0.4, 0.5) is 0 Å². The fourth-order valence-corrected chi connectivity index (χ4v) is 3.92. The maximum Gasteiger partial charge on any atom is 0.248 e. The minimum atomic E-state index is -0.378.